The van der Waals surface area contributed by atoms with E-state index in [1.807, 2.05) is 0 Å². The predicted molar refractivity (Wildman–Crippen MR) is 96.9 cm³/mol. The molecule has 1 aliphatic rings. The van der Waals surface area contributed by atoms with Gasteiger partial charge in [-0.2, -0.15) is 0 Å². The monoisotopic (exact) mass is 368 g/mol. The number of benzene rings is 2. The standard InChI is InChI=1S/C20H17FN2O4/c1-12-16(19(25)26)3-2-4-17(12)22-20(27)23-10-9-15(24)11-18(23)13-5-7-14(21)8-6-13/h2-10,18H,11H2,1H3,(H,22,27)(H,25,26)/t18-/m1/s1. The maximum Gasteiger partial charge on any atom is 0.336 e. The summed E-state index contributed by atoms with van der Waals surface area (Å²) in [6.07, 6.45) is 2.76. The Labute approximate surface area is 154 Å². The minimum atomic E-state index is -1.09. The second-order valence-electron chi connectivity index (χ2n) is 6.17. The zero-order chi connectivity index (χ0) is 19.6. The number of hydrogen-bond donors (Lipinski definition) is 2. The predicted octanol–water partition coefficient (Wildman–Crippen LogP) is 3.89. The molecule has 0 fully saturated rings. The van der Waals surface area contributed by atoms with E-state index in [1.165, 1.54) is 47.5 Å². The molecule has 6 nitrogen and oxygen atoms in total. The number of anilines is 1. The Hall–Kier alpha value is -3.48. The van der Waals surface area contributed by atoms with Gasteiger partial charge < -0.3 is 10.4 Å². The first kappa shape index (κ1) is 18.3. The number of carbonyl (C=O) groups excluding carboxylic acids is 2. The average molecular weight is 368 g/mol. The lowest BCUT2D eigenvalue weighted by Crippen LogP contribution is -2.37. The summed E-state index contributed by atoms with van der Waals surface area (Å²) in [5.41, 5.74) is 1.50. The van der Waals surface area contributed by atoms with Crippen molar-refractivity contribution in [1.29, 1.82) is 0 Å². The highest BCUT2D eigenvalue weighted by Gasteiger charge is 2.29. The van der Waals surface area contributed by atoms with Crippen molar-refractivity contribution in [3.63, 3.8) is 0 Å². The first-order chi connectivity index (χ1) is 12.9. The number of allylic oxidation sites excluding steroid dienone is 1. The van der Waals surface area contributed by atoms with Crippen molar-refractivity contribution in [1.82, 2.24) is 4.90 Å². The molecule has 0 saturated heterocycles. The minimum absolute atomic E-state index is 0.0731. The second-order valence-corrected chi connectivity index (χ2v) is 6.17. The maximum absolute atomic E-state index is 13.2. The molecule has 0 saturated carbocycles. The quantitative estimate of drug-likeness (QED) is 0.860. The van der Waals surface area contributed by atoms with Crippen LogP contribution in [-0.4, -0.2) is 27.8 Å². The van der Waals surface area contributed by atoms with Gasteiger partial charge in [-0.15, -0.1) is 0 Å². The fourth-order valence-electron chi connectivity index (χ4n) is 2.98. The SMILES string of the molecule is Cc1c(NC(=O)N2C=CC(=O)C[C@@H]2c2ccc(F)cc2)cccc1C(=O)O. The Balaban J connectivity index is 1.89. The summed E-state index contributed by atoms with van der Waals surface area (Å²) in [7, 11) is 0. The highest BCUT2D eigenvalue weighted by Crippen LogP contribution is 2.30. The molecule has 2 N–H and O–H groups in total. The van der Waals surface area contributed by atoms with E-state index in [0.717, 1.165) is 0 Å². The number of rotatable bonds is 3. The zero-order valence-electron chi connectivity index (χ0n) is 14.5. The van der Waals surface area contributed by atoms with E-state index in [-0.39, 0.29) is 17.8 Å². The molecule has 2 aromatic carbocycles. The molecule has 1 aliphatic heterocycles. The van der Waals surface area contributed by atoms with Crippen LogP contribution in [0.1, 0.15) is 33.9 Å². The van der Waals surface area contributed by atoms with Crippen LogP contribution < -0.4 is 5.32 Å². The average Bonchev–Trinajstić information content (AvgIpc) is 2.63. The van der Waals surface area contributed by atoms with Crippen molar-refractivity contribution in [3.05, 3.63) is 77.2 Å². The molecule has 0 aliphatic carbocycles. The van der Waals surface area contributed by atoms with Gasteiger partial charge in [0.25, 0.3) is 0 Å². The fourth-order valence-corrected chi connectivity index (χ4v) is 2.98. The van der Waals surface area contributed by atoms with Crippen LogP contribution in [-0.2, 0) is 4.79 Å². The molecule has 3 rings (SSSR count). The van der Waals surface area contributed by atoms with Gasteiger partial charge in [-0.05, 0) is 48.4 Å². The smallest absolute Gasteiger partial charge is 0.336 e. The second kappa shape index (κ2) is 7.41. The summed E-state index contributed by atoms with van der Waals surface area (Å²) in [5.74, 6) is -1.64. The molecule has 0 spiro atoms. The zero-order valence-corrected chi connectivity index (χ0v) is 14.5. The molecule has 1 heterocycles. The molecule has 0 bridgehead atoms. The first-order valence-corrected chi connectivity index (χ1v) is 8.25. The number of nitrogens with one attached hydrogen (secondary N) is 1. The van der Waals surface area contributed by atoms with Gasteiger partial charge in [0.2, 0.25) is 0 Å². The van der Waals surface area contributed by atoms with E-state index < -0.39 is 23.9 Å². The molecular formula is C20H17FN2O4. The van der Waals surface area contributed by atoms with E-state index in [9.17, 15) is 23.9 Å². The van der Waals surface area contributed by atoms with Crippen LogP contribution in [0.3, 0.4) is 0 Å². The molecule has 2 aromatic rings. The van der Waals surface area contributed by atoms with E-state index in [1.54, 1.807) is 19.1 Å². The van der Waals surface area contributed by atoms with Crippen molar-refractivity contribution in [2.75, 3.05) is 5.32 Å². The largest absolute Gasteiger partial charge is 0.478 e. The van der Waals surface area contributed by atoms with E-state index in [4.69, 9.17) is 0 Å². The number of nitrogens with zero attached hydrogens (tertiary/aromatic N) is 1. The molecule has 0 radical (unpaired) electrons. The highest BCUT2D eigenvalue weighted by molar-refractivity contribution is 5.98. The topological polar surface area (TPSA) is 86.7 Å². The summed E-state index contributed by atoms with van der Waals surface area (Å²) in [5, 5.41) is 11.9. The van der Waals surface area contributed by atoms with Crippen molar-refractivity contribution < 1.29 is 23.9 Å². The van der Waals surface area contributed by atoms with Gasteiger partial charge in [0, 0.05) is 18.3 Å². The van der Waals surface area contributed by atoms with Gasteiger partial charge in [-0.25, -0.2) is 14.0 Å². The molecule has 1 atom stereocenters. The van der Waals surface area contributed by atoms with Crippen LogP contribution in [0.4, 0.5) is 14.9 Å². The third kappa shape index (κ3) is 3.87. The van der Waals surface area contributed by atoms with Crippen LogP contribution >= 0.6 is 0 Å². The summed E-state index contributed by atoms with van der Waals surface area (Å²) in [4.78, 5) is 37.2. The Kier molecular flexibility index (Phi) is 5.03. The highest BCUT2D eigenvalue weighted by atomic mass is 19.1. The van der Waals surface area contributed by atoms with Crippen LogP contribution in [0.5, 0.6) is 0 Å². The number of carboxylic acids is 1. The summed E-state index contributed by atoms with van der Waals surface area (Å²) >= 11 is 0. The van der Waals surface area contributed by atoms with Crippen molar-refractivity contribution in [2.45, 2.75) is 19.4 Å². The maximum atomic E-state index is 13.2. The van der Waals surface area contributed by atoms with Gasteiger partial charge in [0.15, 0.2) is 5.78 Å². The van der Waals surface area contributed by atoms with E-state index in [2.05, 4.69) is 5.32 Å². The van der Waals surface area contributed by atoms with Crippen molar-refractivity contribution in [2.24, 2.45) is 0 Å². The summed E-state index contributed by atoms with van der Waals surface area (Å²) < 4.78 is 13.2. The van der Waals surface area contributed by atoms with Gasteiger partial charge in [-0.3, -0.25) is 9.69 Å². The molecule has 7 heteroatoms. The summed E-state index contributed by atoms with van der Waals surface area (Å²) in [6, 6.07) is 9.11. The number of urea groups is 1. The number of aromatic carboxylic acids is 1. The molecular weight excluding hydrogens is 351 g/mol. The van der Waals surface area contributed by atoms with E-state index >= 15 is 0 Å². The molecule has 0 aromatic heterocycles. The Morgan fingerprint density at radius 1 is 1.19 bits per heavy atom. The number of amides is 2. The molecule has 2 amide bonds. The van der Waals surface area contributed by atoms with Crippen LogP contribution in [0, 0.1) is 12.7 Å². The number of carbonyl (C=O) groups is 3. The Morgan fingerprint density at radius 2 is 1.89 bits per heavy atom. The number of ketones is 1. The van der Waals surface area contributed by atoms with Crippen molar-refractivity contribution >= 4 is 23.5 Å². The van der Waals surface area contributed by atoms with Gasteiger partial charge in [0.1, 0.15) is 5.82 Å². The Bertz CT molecular complexity index is 937. The fraction of sp³-hybridized carbons (Fsp3) is 0.150. The number of hydrogen-bond acceptors (Lipinski definition) is 3. The van der Waals surface area contributed by atoms with Gasteiger partial charge in [0.05, 0.1) is 11.6 Å². The lowest BCUT2D eigenvalue weighted by molar-refractivity contribution is -0.116. The van der Waals surface area contributed by atoms with Crippen molar-refractivity contribution in [3.8, 4) is 0 Å². The lowest BCUT2D eigenvalue weighted by Gasteiger charge is -2.31. The summed E-state index contributed by atoms with van der Waals surface area (Å²) in [6.45, 7) is 1.60. The molecule has 0 unspecified atom stereocenters. The normalized spacial score (nSPS) is 16.3. The number of carboxylic acid groups (broad SMARTS) is 1. The molecule has 138 valence electrons. The molecule has 27 heavy (non-hydrogen) atoms. The Morgan fingerprint density at radius 3 is 2.56 bits per heavy atom. The minimum Gasteiger partial charge on any atom is -0.478 e. The van der Waals surface area contributed by atoms with Gasteiger partial charge in [-0.1, -0.05) is 18.2 Å². The lowest BCUT2D eigenvalue weighted by atomic mass is 9.97. The number of halogens is 1. The third-order valence-corrected chi connectivity index (χ3v) is 4.45. The first-order valence-electron chi connectivity index (χ1n) is 8.25. The van der Waals surface area contributed by atoms with Crippen LogP contribution in [0.25, 0.3) is 0 Å². The van der Waals surface area contributed by atoms with Gasteiger partial charge >= 0.3 is 12.0 Å². The van der Waals surface area contributed by atoms with Crippen LogP contribution in [0.15, 0.2) is 54.7 Å². The third-order valence-electron chi connectivity index (χ3n) is 4.45. The van der Waals surface area contributed by atoms with E-state index in [0.29, 0.717) is 16.8 Å². The van der Waals surface area contributed by atoms with Crippen LogP contribution in [0.2, 0.25) is 0 Å².